The normalized spacial score (nSPS) is 9.64. The average Bonchev–Trinajstić information content (AvgIpc) is 2.27. The molecular formula is C8H11N3O3. The third-order valence-corrected chi connectivity index (χ3v) is 1.63. The van der Waals surface area contributed by atoms with Crippen LogP contribution in [0.4, 0.5) is 0 Å². The number of hydrogen-bond acceptors (Lipinski definition) is 6. The van der Waals surface area contributed by atoms with Gasteiger partial charge in [0.05, 0.1) is 26.3 Å². The van der Waals surface area contributed by atoms with Gasteiger partial charge in [0.2, 0.25) is 11.8 Å². The fourth-order valence-corrected chi connectivity index (χ4v) is 0.923. The number of hydrogen-bond donors (Lipinski definition) is 1. The number of rotatable bonds is 4. The van der Waals surface area contributed by atoms with Crippen molar-refractivity contribution in [2.45, 2.75) is 0 Å². The van der Waals surface area contributed by atoms with Gasteiger partial charge in [-0.25, -0.2) is 0 Å². The third-order valence-electron chi connectivity index (χ3n) is 1.63. The molecule has 0 atom stereocenters. The van der Waals surface area contributed by atoms with Crippen molar-refractivity contribution in [2.24, 2.45) is 5.73 Å². The molecule has 1 aromatic heterocycles. The molecule has 1 heterocycles. The Labute approximate surface area is 81.0 Å². The molecule has 1 rings (SSSR count). The summed E-state index contributed by atoms with van der Waals surface area (Å²) < 4.78 is 9.69. The van der Waals surface area contributed by atoms with E-state index in [9.17, 15) is 4.79 Å². The highest BCUT2D eigenvalue weighted by molar-refractivity contribution is 5.99. The van der Waals surface area contributed by atoms with Crippen LogP contribution in [0.3, 0.4) is 0 Å². The van der Waals surface area contributed by atoms with Crippen LogP contribution in [-0.4, -0.2) is 36.7 Å². The largest absolute Gasteiger partial charge is 0.480 e. The molecule has 6 heteroatoms. The van der Waals surface area contributed by atoms with Crippen LogP contribution in [0.15, 0.2) is 6.07 Å². The third kappa shape index (κ3) is 1.97. The Bertz CT molecular complexity index is 341. The highest BCUT2D eigenvalue weighted by Crippen LogP contribution is 2.18. The Balaban J connectivity index is 3.14. The highest BCUT2D eigenvalue weighted by Gasteiger charge is 2.14. The van der Waals surface area contributed by atoms with Gasteiger partial charge in [-0.3, -0.25) is 4.79 Å². The number of ketones is 1. The van der Waals surface area contributed by atoms with Crippen molar-refractivity contribution < 1.29 is 14.3 Å². The topological polar surface area (TPSA) is 87.3 Å². The van der Waals surface area contributed by atoms with Gasteiger partial charge in [-0.1, -0.05) is 0 Å². The van der Waals surface area contributed by atoms with Gasteiger partial charge in [-0.15, -0.1) is 10.2 Å². The van der Waals surface area contributed by atoms with Gasteiger partial charge in [-0.05, 0) is 0 Å². The van der Waals surface area contributed by atoms with Crippen LogP contribution in [0, 0.1) is 0 Å². The number of methoxy groups -OCH3 is 2. The molecule has 0 saturated heterocycles. The van der Waals surface area contributed by atoms with E-state index in [0.717, 1.165) is 0 Å². The maximum absolute atomic E-state index is 11.3. The minimum absolute atomic E-state index is 0.106. The molecule has 0 aromatic carbocycles. The number of Topliss-reactive ketones (excluding diaryl/α,β-unsaturated/α-hetero) is 1. The first-order valence-corrected chi connectivity index (χ1v) is 3.92. The molecule has 0 saturated carbocycles. The number of carbonyl (C=O) groups is 1. The molecule has 2 N–H and O–H groups in total. The number of nitrogens with two attached hydrogens (primary N) is 1. The highest BCUT2D eigenvalue weighted by atomic mass is 16.5. The van der Waals surface area contributed by atoms with E-state index in [1.165, 1.54) is 20.3 Å². The second-order valence-corrected chi connectivity index (χ2v) is 2.44. The van der Waals surface area contributed by atoms with Gasteiger partial charge >= 0.3 is 0 Å². The molecule has 6 nitrogen and oxygen atoms in total. The molecule has 0 aliphatic heterocycles. The molecular weight excluding hydrogens is 186 g/mol. The summed E-state index contributed by atoms with van der Waals surface area (Å²) in [6, 6.07) is 1.45. The van der Waals surface area contributed by atoms with Crippen LogP contribution in [0.5, 0.6) is 11.8 Å². The molecule has 14 heavy (non-hydrogen) atoms. The maximum Gasteiger partial charge on any atom is 0.244 e. The lowest BCUT2D eigenvalue weighted by Gasteiger charge is -2.05. The van der Waals surface area contributed by atoms with Crippen LogP contribution in [0.2, 0.25) is 0 Å². The minimum Gasteiger partial charge on any atom is -0.480 e. The van der Waals surface area contributed by atoms with E-state index < -0.39 is 0 Å². The van der Waals surface area contributed by atoms with Crippen molar-refractivity contribution in [1.29, 1.82) is 0 Å². The number of nitrogens with zero attached hydrogens (tertiary/aromatic N) is 2. The summed E-state index contributed by atoms with van der Waals surface area (Å²) in [5.74, 6) is 0.138. The lowest BCUT2D eigenvalue weighted by molar-refractivity contribution is 0.0997. The van der Waals surface area contributed by atoms with Crippen LogP contribution in [0.1, 0.15) is 10.4 Å². The monoisotopic (exact) mass is 197 g/mol. The van der Waals surface area contributed by atoms with E-state index in [1.54, 1.807) is 0 Å². The summed E-state index contributed by atoms with van der Waals surface area (Å²) in [6.07, 6.45) is 0. The van der Waals surface area contributed by atoms with E-state index >= 15 is 0 Å². The molecule has 0 fully saturated rings. The molecule has 0 unspecified atom stereocenters. The Hall–Kier alpha value is -1.69. The van der Waals surface area contributed by atoms with Crippen LogP contribution < -0.4 is 15.2 Å². The van der Waals surface area contributed by atoms with Crippen molar-refractivity contribution in [1.82, 2.24) is 10.2 Å². The molecule has 0 aliphatic rings. The summed E-state index contributed by atoms with van der Waals surface area (Å²) in [4.78, 5) is 11.3. The van der Waals surface area contributed by atoms with E-state index in [0.29, 0.717) is 0 Å². The zero-order valence-corrected chi connectivity index (χ0v) is 7.98. The Morgan fingerprint density at radius 2 is 2.14 bits per heavy atom. The van der Waals surface area contributed by atoms with Crippen LogP contribution >= 0.6 is 0 Å². The van der Waals surface area contributed by atoms with Crippen molar-refractivity contribution in [3.8, 4) is 11.8 Å². The fraction of sp³-hybridized carbons (Fsp3) is 0.375. The molecule has 76 valence electrons. The van der Waals surface area contributed by atoms with E-state index in [1.807, 2.05) is 0 Å². The van der Waals surface area contributed by atoms with Crippen molar-refractivity contribution >= 4 is 5.78 Å². The van der Waals surface area contributed by atoms with Crippen molar-refractivity contribution in [2.75, 3.05) is 20.8 Å². The molecule has 0 bridgehead atoms. The SMILES string of the molecule is COc1cc(C(=O)CN)c(OC)nn1. The van der Waals surface area contributed by atoms with Crippen LogP contribution in [-0.2, 0) is 0 Å². The van der Waals surface area contributed by atoms with Crippen LogP contribution in [0.25, 0.3) is 0 Å². The van der Waals surface area contributed by atoms with Gasteiger partial charge in [0.15, 0.2) is 5.78 Å². The predicted octanol–water partition coefficient (Wildman–Crippen LogP) is -0.365. The molecule has 0 radical (unpaired) electrons. The van der Waals surface area contributed by atoms with Gasteiger partial charge in [-0.2, -0.15) is 0 Å². The summed E-state index contributed by atoms with van der Waals surface area (Å²) in [7, 11) is 2.84. The van der Waals surface area contributed by atoms with E-state index in [4.69, 9.17) is 15.2 Å². The molecule has 0 spiro atoms. The van der Waals surface area contributed by atoms with E-state index in [-0.39, 0.29) is 29.7 Å². The quantitative estimate of drug-likeness (QED) is 0.663. The summed E-state index contributed by atoms with van der Waals surface area (Å²) in [5.41, 5.74) is 5.50. The Morgan fingerprint density at radius 3 is 2.64 bits per heavy atom. The molecule has 0 amide bonds. The number of carbonyl (C=O) groups excluding carboxylic acids is 1. The first-order chi connectivity index (χ1) is 6.72. The van der Waals surface area contributed by atoms with Gasteiger partial charge in [0.1, 0.15) is 0 Å². The van der Waals surface area contributed by atoms with Gasteiger partial charge in [0.25, 0.3) is 0 Å². The van der Waals surface area contributed by atoms with Crippen molar-refractivity contribution in [3.05, 3.63) is 11.6 Å². The van der Waals surface area contributed by atoms with E-state index in [2.05, 4.69) is 10.2 Å². The summed E-state index contributed by atoms with van der Waals surface area (Å²) in [5, 5.41) is 7.32. The zero-order valence-electron chi connectivity index (χ0n) is 7.98. The smallest absolute Gasteiger partial charge is 0.244 e. The van der Waals surface area contributed by atoms with Crippen molar-refractivity contribution in [3.63, 3.8) is 0 Å². The first-order valence-electron chi connectivity index (χ1n) is 3.92. The predicted molar refractivity (Wildman–Crippen MR) is 48.5 cm³/mol. The molecule has 1 aromatic rings. The van der Waals surface area contributed by atoms with Gasteiger partial charge in [0, 0.05) is 6.07 Å². The summed E-state index contributed by atoms with van der Waals surface area (Å²) in [6.45, 7) is -0.106. The standard InChI is InChI=1S/C8H11N3O3/c1-13-7-3-5(6(12)4-9)8(14-2)11-10-7/h3H,4,9H2,1-2H3. The fourth-order valence-electron chi connectivity index (χ4n) is 0.923. The maximum atomic E-state index is 11.3. The first kappa shape index (κ1) is 10.4. The second kappa shape index (κ2) is 4.52. The second-order valence-electron chi connectivity index (χ2n) is 2.44. The minimum atomic E-state index is -0.268. The van der Waals surface area contributed by atoms with Gasteiger partial charge < -0.3 is 15.2 Å². The number of ether oxygens (including phenoxy) is 2. The lowest BCUT2D eigenvalue weighted by Crippen LogP contribution is -2.15. The average molecular weight is 197 g/mol. The summed E-state index contributed by atoms with van der Waals surface area (Å²) >= 11 is 0. The Morgan fingerprint density at radius 1 is 1.43 bits per heavy atom. The lowest BCUT2D eigenvalue weighted by atomic mass is 10.2. The number of aromatic nitrogens is 2. The zero-order chi connectivity index (χ0) is 10.6. The Kier molecular flexibility index (Phi) is 3.35. The molecule has 0 aliphatic carbocycles.